The summed E-state index contributed by atoms with van der Waals surface area (Å²) in [6.07, 6.45) is 0.960. The molecule has 2 aromatic rings. The Morgan fingerprint density at radius 1 is 1.11 bits per heavy atom. The number of amides is 1. The molecule has 27 heavy (non-hydrogen) atoms. The van der Waals surface area contributed by atoms with Crippen molar-refractivity contribution in [2.24, 2.45) is 0 Å². The molecule has 0 saturated carbocycles. The second-order valence-corrected chi connectivity index (χ2v) is 6.72. The Hall–Kier alpha value is -1.79. The number of hydrogen-bond acceptors (Lipinski definition) is 4. The van der Waals surface area contributed by atoms with Crippen molar-refractivity contribution in [3.63, 3.8) is 0 Å². The highest BCUT2D eigenvalue weighted by atomic mass is 35.5. The first kappa shape index (κ1) is 21.5. The molecule has 2 N–H and O–H groups in total. The lowest BCUT2D eigenvalue weighted by Gasteiger charge is -2.27. The van der Waals surface area contributed by atoms with Gasteiger partial charge in [-0.1, -0.05) is 17.7 Å². The van der Waals surface area contributed by atoms with Crippen molar-refractivity contribution in [2.45, 2.75) is 6.42 Å². The summed E-state index contributed by atoms with van der Waals surface area (Å²) < 4.78 is 5.73. The van der Waals surface area contributed by atoms with Crippen LogP contribution in [0.5, 0.6) is 11.5 Å². The summed E-state index contributed by atoms with van der Waals surface area (Å²) in [5.74, 6) is 1.28. The molecule has 0 unspecified atom stereocenters. The molecular weight excluding hydrogens is 385 g/mol. The van der Waals surface area contributed by atoms with Crippen LogP contribution in [0.2, 0.25) is 5.02 Å². The van der Waals surface area contributed by atoms with Crippen LogP contribution in [0.25, 0.3) is 0 Å². The SMILES string of the molecule is Cl.O=C(NCCCN1CCNCC1)c1ccc(Oc2cccc(Cl)c2)cc1. The molecule has 7 heteroatoms. The van der Waals surface area contributed by atoms with Gasteiger partial charge in [0.2, 0.25) is 0 Å². The van der Waals surface area contributed by atoms with E-state index in [0.717, 1.165) is 39.1 Å². The molecule has 2 aromatic carbocycles. The maximum Gasteiger partial charge on any atom is 0.251 e. The normalized spacial score (nSPS) is 14.3. The van der Waals surface area contributed by atoms with Gasteiger partial charge in [-0.05, 0) is 55.4 Å². The fourth-order valence-electron chi connectivity index (χ4n) is 2.88. The molecule has 0 aromatic heterocycles. The summed E-state index contributed by atoms with van der Waals surface area (Å²) >= 11 is 5.95. The van der Waals surface area contributed by atoms with Gasteiger partial charge in [-0.2, -0.15) is 0 Å². The van der Waals surface area contributed by atoms with Crippen LogP contribution in [-0.4, -0.2) is 50.1 Å². The predicted octanol–water partition coefficient (Wildman–Crippen LogP) is 3.58. The number of piperazine rings is 1. The predicted molar refractivity (Wildman–Crippen MR) is 111 cm³/mol. The first-order valence-corrected chi connectivity index (χ1v) is 9.33. The Kier molecular flexibility index (Phi) is 8.88. The largest absolute Gasteiger partial charge is 0.457 e. The minimum Gasteiger partial charge on any atom is -0.457 e. The zero-order chi connectivity index (χ0) is 18.2. The number of carbonyl (C=O) groups is 1. The van der Waals surface area contributed by atoms with Gasteiger partial charge < -0.3 is 20.3 Å². The van der Waals surface area contributed by atoms with Gasteiger partial charge in [0.15, 0.2) is 0 Å². The molecule has 1 heterocycles. The van der Waals surface area contributed by atoms with Crippen molar-refractivity contribution >= 4 is 29.9 Å². The Balaban J connectivity index is 0.00000261. The third kappa shape index (κ3) is 7.03. The van der Waals surface area contributed by atoms with Gasteiger partial charge in [-0.25, -0.2) is 0 Å². The number of nitrogens with zero attached hydrogens (tertiary/aromatic N) is 1. The maximum atomic E-state index is 12.2. The second kappa shape index (κ2) is 11.1. The summed E-state index contributed by atoms with van der Waals surface area (Å²) in [6.45, 7) is 5.98. The van der Waals surface area contributed by atoms with Gasteiger partial charge in [0.05, 0.1) is 0 Å². The molecule has 1 aliphatic heterocycles. The summed E-state index contributed by atoms with van der Waals surface area (Å²) in [4.78, 5) is 14.6. The van der Waals surface area contributed by atoms with Crippen LogP contribution < -0.4 is 15.4 Å². The number of carbonyl (C=O) groups excluding carboxylic acids is 1. The Morgan fingerprint density at radius 2 is 1.85 bits per heavy atom. The van der Waals surface area contributed by atoms with Gasteiger partial charge in [0, 0.05) is 43.3 Å². The highest BCUT2D eigenvalue weighted by Gasteiger charge is 2.09. The van der Waals surface area contributed by atoms with E-state index in [1.807, 2.05) is 12.1 Å². The highest BCUT2D eigenvalue weighted by Crippen LogP contribution is 2.24. The number of halogens is 2. The molecule has 1 amide bonds. The van der Waals surface area contributed by atoms with E-state index in [1.165, 1.54) is 0 Å². The van der Waals surface area contributed by atoms with E-state index in [9.17, 15) is 4.79 Å². The third-order valence-electron chi connectivity index (χ3n) is 4.29. The van der Waals surface area contributed by atoms with E-state index < -0.39 is 0 Å². The number of ether oxygens (including phenoxy) is 1. The lowest BCUT2D eigenvalue weighted by Crippen LogP contribution is -2.44. The molecule has 1 fully saturated rings. The van der Waals surface area contributed by atoms with Crippen LogP contribution in [0.15, 0.2) is 48.5 Å². The van der Waals surface area contributed by atoms with E-state index in [-0.39, 0.29) is 18.3 Å². The number of nitrogens with one attached hydrogen (secondary N) is 2. The van der Waals surface area contributed by atoms with E-state index in [2.05, 4.69) is 15.5 Å². The zero-order valence-electron chi connectivity index (χ0n) is 15.1. The van der Waals surface area contributed by atoms with Gasteiger partial charge in [-0.3, -0.25) is 4.79 Å². The van der Waals surface area contributed by atoms with E-state index in [0.29, 0.717) is 28.6 Å². The summed E-state index contributed by atoms with van der Waals surface area (Å²) in [5.41, 5.74) is 0.630. The molecule has 3 rings (SSSR count). The first-order valence-electron chi connectivity index (χ1n) is 8.95. The number of benzene rings is 2. The van der Waals surface area contributed by atoms with E-state index in [4.69, 9.17) is 16.3 Å². The molecule has 0 radical (unpaired) electrons. The topological polar surface area (TPSA) is 53.6 Å². The fourth-order valence-corrected chi connectivity index (χ4v) is 3.06. The minimum atomic E-state index is -0.0559. The van der Waals surface area contributed by atoms with E-state index >= 15 is 0 Å². The molecule has 0 aliphatic carbocycles. The molecule has 5 nitrogen and oxygen atoms in total. The van der Waals surface area contributed by atoms with Crippen molar-refractivity contribution in [1.29, 1.82) is 0 Å². The van der Waals surface area contributed by atoms with Gasteiger partial charge in [0.25, 0.3) is 5.91 Å². The van der Waals surface area contributed by atoms with Crippen LogP contribution in [0.1, 0.15) is 16.8 Å². The molecule has 0 atom stereocenters. The molecule has 0 spiro atoms. The van der Waals surface area contributed by atoms with Crippen LogP contribution in [-0.2, 0) is 0 Å². The fraction of sp³-hybridized carbons (Fsp3) is 0.350. The molecule has 1 aliphatic rings. The highest BCUT2D eigenvalue weighted by molar-refractivity contribution is 6.30. The standard InChI is InChI=1S/C20H24ClN3O2.ClH/c21-17-3-1-4-19(15-17)26-18-7-5-16(6-8-18)20(25)23-9-2-12-24-13-10-22-11-14-24;/h1,3-8,15,22H,2,9-14H2,(H,23,25);1H. The summed E-state index contributed by atoms with van der Waals surface area (Å²) in [6, 6.07) is 14.3. The smallest absolute Gasteiger partial charge is 0.251 e. The zero-order valence-corrected chi connectivity index (χ0v) is 16.7. The van der Waals surface area contributed by atoms with Crippen molar-refractivity contribution in [2.75, 3.05) is 39.3 Å². The van der Waals surface area contributed by atoms with Crippen molar-refractivity contribution < 1.29 is 9.53 Å². The average Bonchev–Trinajstić information content (AvgIpc) is 2.66. The lowest BCUT2D eigenvalue weighted by molar-refractivity contribution is 0.0951. The van der Waals surface area contributed by atoms with Crippen LogP contribution in [0.3, 0.4) is 0 Å². The quantitative estimate of drug-likeness (QED) is 0.686. The van der Waals surface area contributed by atoms with Crippen molar-refractivity contribution in [1.82, 2.24) is 15.5 Å². The van der Waals surface area contributed by atoms with Crippen molar-refractivity contribution in [3.8, 4) is 11.5 Å². The molecular formula is C20H25Cl2N3O2. The minimum absolute atomic E-state index is 0. The third-order valence-corrected chi connectivity index (χ3v) is 4.53. The van der Waals surface area contributed by atoms with Crippen LogP contribution in [0.4, 0.5) is 0 Å². The number of hydrogen-bond donors (Lipinski definition) is 2. The average molecular weight is 410 g/mol. The first-order chi connectivity index (χ1) is 12.7. The van der Waals surface area contributed by atoms with Gasteiger partial charge >= 0.3 is 0 Å². The van der Waals surface area contributed by atoms with Crippen molar-refractivity contribution in [3.05, 3.63) is 59.1 Å². The van der Waals surface area contributed by atoms with E-state index in [1.54, 1.807) is 36.4 Å². The number of rotatable bonds is 7. The second-order valence-electron chi connectivity index (χ2n) is 6.28. The van der Waals surface area contributed by atoms with Crippen LogP contribution in [0, 0.1) is 0 Å². The molecule has 146 valence electrons. The lowest BCUT2D eigenvalue weighted by atomic mass is 10.2. The summed E-state index contributed by atoms with van der Waals surface area (Å²) in [7, 11) is 0. The van der Waals surface area contributed by atoms with Gasteiger partial charge in [-0.15, -0.1) is 12.4 Å². The molecule has 0 bridgehead atoms. The van der Waals surface area contributed by atoms with Crippen LogP contribution >= 0.6 is 24.0 Å². The molecule has 1 saturated heterocycles. The Morgan fingerprint density at radius 3 is 2.56 bits per heavy atom. The monoisotopic (exact) mass is 409 g/mol. The Bertz CT molecular complexity index is 719. The Labute approximate surface area is 171 Å². The van der Waals surface area contributed by atoms with Gasteiger partial charge in [0.1, 0.15) is 11.5 Å². The summed E-state index contributed by atoms with van der Waals surface area (Å²) in [5, 5.41) is 6.94. The maximum absolute atomic E-state index is 12.2.